The number of piperidine rings is 3. The van der Waals surface area contributed by atoms with E-state index in [2.05, 4.69) is 31.9 Å². The molecule has 6 aromatic carbocycles. The van der Waals surface area contributed by atoms with E-state index in [0.717, 1.165) is 14.7 Å². The molecule has 0 saturated carbocycles. The molecule has 6 saturated heterocycles. The number of fused-ring (bicyclic) bond motifs is 3. The Morgan fingerprint density at radius 1 is 0.364 bits per heavy atom. The zero-order chi connectivity index (χ0) is 84.5. The Hall–Kier alpha value is -9.69. The van der Waals surface area contributed by atoms with E-state index in [0.29, 0.717) is 95.6 Å². The minimum absolute atomic E-state index is 0.000412. The van der Waals surface area contributed by atoms with Crippen molar-refractivity contribution in [1.29, 1.82) is 0 Å². The lowest BCUT2D eigenvalue weighted by atomic mass is 10.0. The zero-order valence-electron chi connectivity index (χ0n) is 71.7. The standard InChI is InChI=1S/3C25H28N4O4/c3*30-23-9-8-22(24(31)27-23)29-16-20-19(25(29)32)2-1-3-21(20)26-14-17-4-6-18(7-5-17)15-28-10-12-33-13-11-28/h3*1-7,22,26H,8-16H2,(H,27,30,31)/t2*22-;/m10./s1/i3*14D2,15D2,16D2. The van der Waals surface area contributed by atoms with Crippen LogP contribution < -0.4 is 31.9 Å². The van der Waals surface area contributed by atoms with Gasteiger partial charge in [0.05, 0.1) is 56.1 Å². The number of imide groups is 3. The summed E-state index contributed by atoms with van der Waals surface area (Å²) in [6, 6.07) is 27.5. The number of carbonyl (C=O) groups is 9. The van der Waals surface area contributed by atoms with Gasteiger partial charge in [-0.3, -0.25) is 73.8 Å². The van der Waals surface area contributed by atoms with Gasteiger partial charge in [-0.15, -0.1) is 0 Å². The van der Waals surface area contributed by atoms with Crippen LogP contribution in [0.5, 0.6) is 0 Å². The van der Waals surface area contributed by atoms with Crippen LogP contribution in [0.25, 0.3) is 0 Å². The third-order valence-electron chi connectivity index (χ3n) is 17.4. The molecule has 3 atom stereocenters. The lowest BCUT2D eigenvalue weighted by molar-refractivity contribution is -0.138. The topological polar surface area (TPSA) is 273 Å². The summed E-state index contributed by atoms with van der Waals surface area (Å²) in [6.07, 6.45) is -0.132. The molecule has 516 valence electrons. The van der Waals surface area contributed by atoms with Crippen LogP contribution in [0.2, 0.25) is 0 Å². The quantitative estimate of drug-likeness (QED) is 0.0565. The van der Waals surface area contributed by atoms with Crippen molar-refractivity contribution in [2.45, 2.75) is 115 Å². The SMILES string of the molecule is [2H]C([2H])(Nc1cccc2c1C([2H])([2H])N(C1CCC(=O)NC1=O)C2=O)c1ccc(C([2H])([2H])N2CCOCC2)cc1.[2H]C([2H])(Nc1cccc2c1C([2H])([2H])N([C@@H]1CCC(=O)NC1=O)C2=O)c1ccc(C([2H])([2H])N2CCOCC2)cc1.[2H]C([2H])(Nc1cccc2c1C([2H])([2H])N([C@H]1CCC(=O)NC1=O)C2=O)c1ccc(C([2H])([2H])N2CCOCC2)cc1. The van der Waals surface area contributed by atoms with Gasteiger partial charge in [-0.1, -0.05) is 91.0 Å². The summed E-state index contributed by atoms with van der Waals surface area (Å²) in [5.41, 5.74) is 1.46. The number of nitrogens with one attached hydrogen (secondary N) is 6. The molecule has 1 unspecified atom stereocenters. The molecule has 6 N–H and O–H groups in total. The summed E-state index contributed by atoms with van der Waals surface area (Å²) in [5, 5.41) is 14.6. The van der Waals surface area contributed by atoms with Crippen LogP contribution in [0.1, 0.15) is 144 Å². The second-order valence-corrected chi connectivity index (χ2v) is 24.1. The number of amides is 9. The number of morpholine rings is 3. The van der Waals surface area contributed by atoms with Crippen molar-refractivity contribution in [3.63, 3.8) is 0 Å². The van der Waals surface area contributed by atoms with Crippen LogP contribution in [0.15, 0.2) is 127 Å². The fraction of sp³-hybridized carbons (Fsp3) is 0.400. The average molecular weight is 1360 g/mol. The van der Waals surface area contributed by atoms with Crippen molar-refractivity contribution in [3.05, 3.63) is 194 Å². The summed E-state index contributed by atoms with van der Waals surface area (Å²) in [7, 11) is 0. The third-order valence-corrected chi connectivity index (χ3v) is 17.4. The maximum Gasteiger partial charge on any atom is 0.255 e. The maximum atomic E-state index is 13.2. The summed E-state index contributed by atoms with van der Waals surface area (Å²) in [4.78, 5) is 119. The molecule has 0 aliphatic carbocycles. The number of anilines is 3. The smallest absolute Gasteiger partial charge is 0.255 e. The molecule has 24 nitrogen and oxygen atoms in total. The molecule has 6 fully saturated rings. The van der Waals surface area contributed by atoms with Gasteiger partial charge in [-0.25, -0.2) is 0 Å². The van der Waals surface area contributed by atoms with Gasteiger partial charge in [0.1, 0.15) is 18.1 Å². The monoisotopic (exact) mass is 1360 g/mol. The van der Waals surface area contributed by atoms with Gasteiger partial charge < -0.3 is 44.9 Å². The maximum absolute atomic E-state index is 13.2. The first-order chi connectivity index (χ1) is 55.0. The summed E-state index contributed by atoms with van der Waals surface area (Å²) < 4.78 is 172. The second-order valence-electron chi connectivity index (χ2n) is 24.1. The highest BCUT2D eigenvalue weighted by atomic mass is 16.5. The van der Waals surface area contributed by atoms with Crippen LogP contribution in [-0.4, -0.2) is 180 Å². The summed E-state index contributed by atoms with van der Waals surface area (Å²) >= 11 is 0. The van der Waals surface area contributed by atoms with E-state index in [4.69, 9.17) is 38.9 Å². The Kier molecular flexibility index (Phi) is 15.5. The zero-order valence-corrected chi connectivity index (χ0v) is 53.7. The number of ether oxygens (including phenoxy) is 3. The minimum Gasteiger partial charge on any atom is -0.381 e. The highest BCUT2D eigenvalue weighted by Gasteiger charge is 2.43. The highest BCUT2D eigenvalue weighted by Crippen LogP contribution is 2.36. The van der Waals surface area contributed by atoms with Crippen molar-refractivity contribution in [2.24, 2.45) is 0 Å². The Labute approximate surface area is 600 Å². The largest absolute Gasteiger partial charge is 0.381 e. The van der Waals surface area contributed by atoms with Crippen LogP contribution >= 0.6 is 0 Å². The van der Waals surface area contributed by atoms with Crippen molar-refractivity contribution in [2.75, 3.05) is 94.9 Å². The van der Waals surface area contributed by atoms with Crippen molar-refractivity contribution >= 4 is 70.2 Å². The molecule has 0 spiro atoms. The number of rotatable bonds is 18. The molecule has 9 aliphatic heterocycles. The first-order valence-corrected chi connectivity index (χ1v) is 32.6. The fourth-order valence-electron chi connectivity index (χ4n) is 12.1. The number of nitrogens with zero attached hydrogens (tertiary/aromatic N) is 6. The minimum atomic E-state index is -2.45. The van der Waals surface area contributed by atoms with Gasteiger partial charge in [-0.2, -0.15) is 0 Å². The van der Waals surface area contributed by atoms with E-state index in [-0.39, 0.29) is 106 Å². The van der Waals surface area contributed by atoms with Crippen LogP contribution in [0.3, 0.4) is 0 Å². The van der Waals surface area contributed by atoms with E-state index in [1.54, 1.807) is 14.7 Å². The van der Waals surface area contributed by atoms with Gasteiger partial charge in [-0.05, 0) is 89.0 Å². The molecule has 9 heterocycles. The van der Waals surface area contributed by atoms with Crippen LogP contribution in [0, 0.1) is 0 Å². The molecule has 0 aromatic heterocycles. The predicted molar refractivity (Wildman–Crippen MR) is 367 cm³/mol. The summed E-state index contributed by atoms with van der Waals surface area (Å²) in [5.74, 6) is -5.87. The summed E-state index contributed by atoms with van der Waals surface area (Å²) in [6.45, 7) is -14.1. The predicted octanol–water partition coefficient (Wildman–Crippen LogP) is 5.68. The van der Waals surface area contributed by atoms with Crippen LogP contribution in [-0.2, 0) is 101 Å². The van der Waals surface area contributed by atoms with E-state index < -0.39 is 130 Å². The normalized spacial score (nSPS) is 26.2. The number of hydrogen-bond donors (Lipinski definition) is 6. The lowest BCUT2D eigenvalue weighted by Crippen LogP contribution is -2.52. The Morgan fingerprint density at radius 2 is 0.616 bits per heavy atom. The highest BCUT2D eigenvalue weighted by molar-refractivity contribution is 6.08. The molecule has 24 heteroatoms. The van der Waals surface area contributed by atoms with Gasteiger partial charge >= 0.3 is 0 Å². The first-order valence-electron chi connectivity index (χ1n) is 41.6. The first kappa shape index (κ1) is 48.9. The van der Waals surface area contributed by atoms with E-state index in [1.165, 1.54) is 127 Å². The Balaban J connectivity index is 0.000000152. The number of hydrogen-bond acceptors (Lipinski definition) is 18. The molecule has 0 bridgehead atoms. The lowest BCUT2D eigenvalue weighted by Gasteiger charge is -2.29. The second kappa shape index (κ2) is 31.4. The van der Waals surface area contributed by atoms with Crippen molar-refractivity contribution in [1.82, 2.24) is 45.3 Å². The number of carbonyl (C=O) groups excluding carboxylic acids is 9. The molecule has 99 heavy (non-hydrogen) atoms. The molecular weight excluding hydrogens is 1260 g/mol. The van der Waals surface area contributed by atoms with E-state index in [1.807, 2.05) is 0 Å². The molecule has 6 aromatic rings. The average Bonchev–Trinajstić information content (AvgIpc) is 1.58. The van der Waals surface area contributed by atoms with Gasteiger partial charge in [0, 0.05) is 176 Å². The van der Waals surface area contributed by atoms with Crippen molar-refractivity contribution < 1.29 is 82.0 Å². The van der Waals surface area contributed by atoms with E-state index >= 15 is 0 Å². The Bertz CT molecular complexity index is 4420. The van der Waals surface area contributed by atoms with E-state index in [9.17, 15) is 43.2 Å². The molecule has 9 aliphatic rings. The van der Waals surface area contributed by atoms with Gasteiger partial charge in [0.2, 0.25) is 35.4 Å². The fourth-order valence-corrected chi connectivity index (χ4v) is 12.1. The molecule has 9 amide bonds. The Morgan fingerprint density at radius 3 is 0.869 bits per heavy atom. The third kappa shape index (κ3) is 16.4. The molecule has 15 rings (SSSR count). The molecule has 0 radical (unpaired) electrons. The molecular formula is C75H84N12O12. The van der Waals surface area contributed by atoms with Crippen molar-refractivity contribution in [3.8, 4) is 0 Å². The number of benzene rings is 6. The van der Waals surface area contributed by atoms with Gasteiger partial charge in [0.25, 0.3) is 17.7 Å². The van der Waals surface area contributed by atoms with Crippen LogP contribution in [0.4, 0.5) is 17.1 Å². The van der Waals surface area contributed by atoms with Gasteiger partial charge in [0.15, 0.2) is 0 Å².